The summed E-state index contributed by atoms with van der Waals surface area (Å²) in [5, 5.41) is 16.5. The zero-order chi connectivity index (χ0) is 34.1. The molecule has 0 aliphatic carbocycles. The van der Waals surface area contributed by atoms with Gasteiger partial charge in [0.1, 0.15) is 24.5 Å². The van der Waals surface area contributed by atoms with Crippen LogP contribution in [0.15, 0.2) is 114 Å². The fraction of sp³-hybridized carbons (Fsp3) is 0.297. The number of amides is 2. The van der Waals surface area contributed by atoms with Crippen LogP contribution in [-0.4, -0.2) is 81.7 Å². The van der Waals surface area contributed by atoms with Crippen LogP contribution < -0.4 is 15.4 Å². The summed E-state index contributed by atoms with van der Waals surface area (Å²) >= 11 is 0. The molecule has 252 valence electrons. The number of likely N-dealkylation sites (N-methyl/N-ethyl adjacent to an activating group) is 1. The van der Waals surface area contributed by atoms with E-state index >= 15 is 0 Å². The summed E-state index contributed by atoms with van der Waals surface area (Å²) < 4.78 is 35.6. The van der Waals surface area contributed by atoms with Crippen LogP contribution in [0.1, 0.15) is 29.0 Å². The van der Waals surface area contributed by atoms with E-state index in [4.69, 9.17) is 9.47 Å². The lowest BCUT2D eigenvalue weighted by Crippen LogP contribution is -2.48. The summed E-state index contributed by atoms with van der Waals surface area (Å²) in [5.41, 5.74) is 3.19. The van der Waals surface area contributed by atoms with Crippen molar-refractivity contribution in [2.75, 3.05) is 38.3 Å². The van der Waals surface area contributed by atoms with Gasteiger partial charge in [-0.2, -0.15) is 0 Å². The first-order valence-corrected chi connectivity index (χ1v) is 17.7. The molecule has 0 saturated carbocycles. The zero-order valence-corrected chi connectivity index (χ0v) is 27.8. The molecule has 10 nitrogen and oxygen atoms in total. The summed E-state index contributed by atoms with van der Waals surface area (Å²) in [6.07, 6.45) is 0.951. The van der Waals surface area contributed by atoms with E-state index in [1.165, 1.54) is 25.4 Å². The van der Waals surface area contributed by atoms with Crippen LogP contribution in [0.3, 0.4) is 0 Å². The number of morpholine rings is 1. The van der Waals surface area contributed by atoms with Crippen molar-refractivity contribution in [1.29, 1.82) is 0 Å². The first kappa shape index (κ1) is 34.6. The molecule has 0 spiro atoms. The number of nitrogens with zero attached hydrogens (tertiary/aromatic N) is 1. The Morgan fingerprint density at radius 2 is 1.48 bits per heavy atom. The number of para-hydroxylation sites is 1. The highest BCUT2D eigenvalue weighted by Crippen LogP contribution is 2.32. The summed E-state index contributed by atoms with van der Waals surface area (Å²) in [5.74, 6) is -0.409. The Morgan fingerprint density at radius 3 is 2.08 bits per heavy atom. The summed E-state index contributed by atoms with van der Waals surface area (Å²) in [6.45, 7) is 1.58. The molecule has 11 heteroatoms. The van der Waals surface area contributed by atoms with Crippen molar-refractivity contribution >= 4 is 27.5 Å². The molecule has 1 heterocycles. The SMILES string of the molecule is CN(C(=O)O)[C@H](C(=O)Nc1ccccc1CC[C@@H]1CNC[C@@H](COc2ccc(S(C)(=O)=O)cc2)O1)C(c1ccccc1)c1ccccc1. The van der Waals surface area contributed by atoms with Gasteiger partial charge in [-0.25, -0.2) is 13.2 Å². The van der Waals surface area contributed by atoms with E-state index in [9.17, 15) is 23.1 Å². The number of carbonyl (C=O) groups is 2. The van der Waals surface area contributed by atoms with Crippen LogP contribution in [-0.2, 0) is 25.8 Å². The predicted octanol–water partition coefficient (Wildman–Crippen LogP) is 5.21. The molecule has 48 heavy (non-hydrogen) atoms. The molecule has 4 aromatic rings. The number of sulfone groups is 1. The number of ether oxygens (including phenoxy) is 2. The minimum atomic E-state index is -3.28. The molecule has 3 N–H and O–H groups in total. The number of hydrogen-bond acceptors (Lipinski definition) is 7. The molecule has 0 aromatic heterocycles. The van der Waals surface area contributed by atoms with E-state index in [0.29, 0.717) is 44.0 Å². The molecule has 1 fully saturated rings. The number of benzene rings is 4. The van der Waals surface area contributed by atoms with E-state index in [-0.39, 0.29) is 17.1 Å². The highest BCUT2D eigenvalue weighted by Gasteiger charge is 2.37. The molecule has 2 amide bonds. The lowest BCUT2D eigenvalue weighted by atomic mass is 9.84. The van der Waals surface area contributed by atoms with Gasteiger partial charge in [-0.15, -0.1) is 0 Å². The van der Waals surface area contributed by atoms with Crippen LogP contribution in [0.25, 0.3) is 0 Å². The van der Waals surface area contributed by atoms with Crippen LogP contribution in [0, 0.1) is 0 Å². The van der Waals surface area contributed by atoms with Gasteiger partial charge in [0, 0.05) is 38.0 Å². The van der Waals surface area contributed by atoms with Crippen LogP contribution in [0.4, 0.5) is 10.5 Å². The van der Waals surface area contributed by atoms with E-state index in [2.05, 4.69) is 10.6 Å². The average molecular weight is 672 g/mol. The van der Waals surface area contributed by atoms with Crippen molar-refractivity contribution in [3.63, 3.8) is 0 Å². The number of carbonyl (C=O) groups excluding carboxylic acids is 1. The van der Waals surface area contributed by atoms with Crippen molar-refractivity contribution in [2.24, 2.45) is 0 Å². The molecule has 0 bridgehead atoms. The first-order valence-electron chi connectivity index (χ1n) is 15.8. The molecule has 0 radical (unpaired) electrons. The molecule has 1 aliphatic rings. The fourth-order valence-corrected chi connectivity index (χ4v) is 6.58. The number of nitrogens with one attached hydrogen (secondary N) is 2. The van der Waals surface area contributed by atoms with Crippen molar-refractivity contribution in [2.45, 2.75) is 41.9 Å². The summed E-state index contributed by atoms with van der Waals surface area (Å²) in [7, 11) is -1.85. The quantitative estimate of drug-likeness (QED) is 0.177. The van der Waals surface area contributed by atoms with Crippen LogP contribution >= 0.6 is 0 Å². The summed E-state index contributed by atoms with van der Waals surface area (Å²) in [4.78, 5) is 27.7. The zero-order valence-electron chi connectivity index (χ0n) is 27.0. The Hall–Kier alpha value is -4.71. The second kappa shape index (κ2) is 15.9. The van der Waals surface area contributed by atoms with Gasteiger partial charge in [-0.3, -0.25) is 9.69 Å². The van der Waals surface area contributed by atoms with Gasteiger partial charge in [-0.05, 0) is 59.9 Å². The monoisotopic (exact) mass is 671 g/mol. The minimum absolute atomic E-state index is 0.102. The Kier molecular flexibility index (Phi) is 11.5. The molecule has 5 rings (SSSR count). The molecule has 1 saturated heterocycles. The van der Waals surface area contributed by atoms with Gasteiger partial charge in [0.25, 0.3) is 0 Å². The van der Waals surface area contributed by atoms with Gasteiger partial charge < -0.3 is 25.2 Å². The maximum atomic E-state index is 14.1. The Balaban J connectivity index is 1.26. The topological polar surface area (TPSA) is 134 Å². The third-order valence-corrected chi connectivity index (χ3v) is 9.58. The Labute approximate surface area is 281 Å². The number of rotatable bonds is 13. The Bertz CT molecular complexity index is 1730. The molecular weight excluding hydrogens is 630 g/mol. The number of aryl methyl sites for hydroxylation is 1. The second-order valence-electron chi connectivity index (χ2n) is 11.9. The number of carboxylic acid groups (broad SMARTS) is 1. The molecule has 3 atom stereocenters. The number of anilines is 1. The van der Waals surface area contributed by atoms with Gasteiger partial charge in [0.2, 0.25) is 5.91 Å². The largest absolute Gasteiger partial charge is 0.491 e. The smallest absolute Gasteiger partial charge is 0.407 e. The third kappa shape index (κ3) is 9.00. The standard InChI is InChI=1S/C37H41N3O7S/c1-40(37(42)43)35(34(27-12-5-3-6-13-27)28-14-7-4-8-15-28)36(41)39-33-16-10-9-11-26(33)17-18-30-23-38-24-31(47-30)25-46-29-19-21-32(22-20-29)48(2,44)45/h3-16,19-22,30-31,34-35,38H,17-18,23-25H2,1-2H3,(H,39,41)(H,42,43)/t30-,31+,35+/m1/s1. The van der Waals surface area contributed by atoms with E-state index in [0.717, 1.165) is 21.6 Å². The highest BCUT2D eigenvalue weighted by atomic mass is 32.2. The van der Waals surface area contributed by atoms with Gasteiger partial charge >= 0.3 is 6.09 Å². The minimum Gasteiger partial charge on any atom is -0.491 e. The van der Waals surface area contributed by atoms with Crippen molar-refractivity contribution < 1.29 is 32.6 Å². The lowest BCUT2D eigenvalue weighted by molar-refractivity contribution is -0.120. The van der Waals surface area contributed by atoms with Crippen LogP contribution in [0.2, 0.25) is 0 Å². The normalized spacial score (nSPS) is 17.0. The second-order valence-corrected chi connectivity index (χ2v) is 13.9. The van der Waals surface area contributed by atoms with Gasteiger partial charge in [-0.1, -0.05) is 78.9 Å². The fourth-order valence-electron chi connectivity index (χ4n) is 5.95. The number of hydrogen-bond donors (Lipinski definition) is 3. The van der Waals surface area contributed by atoms with Crippen molar-refractivity contribution in [3.8, 4) is 5.75 Å². The van der Waals surface area contributed by atoms with E-state index in [1.54, 1.807) is 12.1 Å². The highest BCUT2D eigenvalue weighted by molar-refractivity contribution is 7.90. The molecule has 4 aromatic carbocycles. The van der Waals surface area contributed by atoms with E-state index < -0.39 is 33.8 Å². The molecule has 1 aliphatic heterocycles. The molecule has 0 unspecified atom stereocenters. The van der Waals surface area contributed by atoms with E-state index in [1.807, 2.05) is 84.9 Å². The first-order chi connectivity index (χ1) is 23.1. The van der Waals surface area contributed by atoms with Gasteiger partial charge in [0.15, 0.2) is 9.84 Å². The van der Waals surface area contributed by atoms with Crippen molar-refractivity contribution in [1.82, 2.24) is 10.2 Å². The van der Waals surface area contributed by atoms with Crippen LogP contribution in [0.5, 0.6) is 5.75 Å². The average Bonchev–Trinajstić information content (AvgIpc) is 3.09. The lowest BCUT2D eigenvalue weighted by Gasteiger charge is -2.33. The van der Waals surface area contributed by atoms with Crippen molar-refractivity contribution in [3.05, 3.63) is 126 Å². The third-order valence-electron chi connectivity index (χ3n) is 8.45. The summed E-state index contributed by atoms with van der Waals surface area (Å²) in [6, 6.07) is 31.8. The Morgan fingerprint density at radius 1 is 0.896 bits per heavy atom. The molecular formula is C37H41N3O7S. The maximum absolute atomic E-state index is 14.1. The van der Waals surface area contributed by atoms with Gasteiger partial charge in [0.05, 0.1) is 11.0 Å². The maximum Gasteiger partial charge on any atom is 0.407 e. The predicted molar refractivity (Wildman–Crippen MR) is 184 cm³/mol.